The monoisotopic (exact) mass is 459 g/mol. The summed E-state index contributed by atoms with van der Waals surface area (Å²) in [5, 5.41) is 17.9. The lowest BCUT2D eigenvalue weighted by Crippen LogP contribution is -2.12. The maximum Gasteiger partial charge on any atom is 0.307 e. The molecule has 3 aromatic carbocycles. The number of aromatic nitrogens is 2. The first-order valence-corrected chi connectivity index (χ1v) is 10.4. The molecule has 1 heterocycles. The molecule has 34 heavy (non-hydrogen) atoms. The number of rotatable bonds is 9. The average Bonchev–Trinajstić information content (AvgIpc) is 2.85. The van der Waals surface area contributed by atoms with Crippen molar-refractivity contribution in [3.63, 3.8) is 0 Å². The van der Waals surface area contributed by atoms with E-state index in [2.05, 4.69) is 25.3 Å². The van der Waals surface area contributed by atoms with Gasteiger partial charge in [-0.15, -0.1) is 0 Å². The molecule has 1 aromatic heterocycles. The number of nitro benzene ring substituents is 1. The minimum absolute atomic E-state index is 0.0816. The number of fused-ring (bicyclic) bond motifs is 1. The summed E-state index contributed by atoms with van der Waals surface area (Å²) in [5.74, 6) is 1.68. The van der Waals surface area contributed by atoms with Crippen LogP contribution >= 0.6 is 0 Å². The van der Waals surface area contributed by atoms with Gasteiger partial charge in [-0.05, 0) is 42.5 Å². The molecule has 10 nitrogen and oxygen atoms in total. The summed E-state index contributed by atoms with van der Waals surface area (Å²) >= 11 is 0. The summed E-state index contributed by atoms with van der Waals surface area (Å²) in [6.07, 6.45) is 0.114. The SMILES string of the molecule is COC(=O)CCNc1nc(Nc2ccc(Oc3ccccc3)cc2)nc2ccc([N+](=O)[O-])cc12. The van der Waals surface area contributed by atoms with Gasteiger partial charge in [0.15, 0.2) is 0 Å². The van der Waals surface area contributed by atoms with Gasteiger partial charge < -0.3 is 20.1 Å². The summed E-state index contributed by atoms with van der Waals surface area (Å²) in [6, 6.07) is 21.1. The van der Waals surface area contributed by atoms with E-state index in [9.17, 15) is 14.9 Å². The Labute approximate surface area is 194 Å². The second-order valence-electron chi connectivity index (χ2n) is 7.17. The highest BCUT2D eigenvalue weighted by Crippen LogP contribution is 2.28. The zero-order chi connectivity index (χ0) is 23.9. The molecule has 0 amide bonds. The third-order valence-electron chi connectivity index (χ3n) is 4.83. The maximum absolute atomic E-state index is 11.5. The van der Waals surface area contributed by atoms with Crippen molar-refractivity contribution in [3.8, 4) is 11.5 Å². The number of nitrogens with one attached hydrogen (secondary N) is 2. The number of anilines is 3. The van der Waals surface area contributed by atoms with E-state index in [-0.39, 0.29) is 24.6 Å². The molecule has 4 rings (SSSR count). The maximum atomic E-state index is 11.5. The molecular weight excluding hydrogens is 438 g/mol. The van der Waals surface area contributed by atoms with Crippen molar-refractivity contribution in [2.75, 3.05) is 24.3 Å². The highest BCUT2D eigenvalue weighted by molar-refractivity contribution is 5.92. The van der Waals surface area contributed by atoms with Crippen molar-refractivity contribution < 1.29 is 19.2 Å². The second-order valence-corrected chi connectivity index (χ2v) is 7.17. The molecule has 0 radical (unpaired) electrons. The van der Waals surface area contributed by atoms with Crippen LogP contribution in [0.4, 0.5) is 23.1 Å². The van der Waals surface area contributed by atoms with Gasteiger partial charge in [-0.2, -0.15) is 4.98 Å². The Hall–Kier alpha value is -4.73. The van der Waals surface area contributed by atoms with Gasteiger partial charge in [0.05, 0.1) is 24.0 Å². The number of carbonyl (C=O) groups is 1. The van der Waals surface area contributed by atoms with Gasteiger partial charge in [-0.3, -0.25) is 14.9 Å². The fourth-order valence-corrected chi connectivity index (χ4v) is 3.17. The third-order valence-corrected chi connectivity index (χ3v) is 4.83. The van der Waals surface area contributed by atoms with E-state index < -0.39 is 4.92 Å². The summed E-state index contributed by atoms with van der Waals surface area (Å²) in [6.45, 7) is 0.243. The number of benzene rings is 3. The lowest BCUT2D eigenvalue weighted by Gasteiger charge is -2.12. The smallest absolute Gasteiger partial charge is 0.307 e. The van der Waals surface area contributed by atoms with Crippen LogP contribution in [0, 0.1) is 10.1 Å². The zero-order valence-corrected chi connectivity index (χ0v) is 18.2. The average molecular weight is 459 g/mol. The summed E-state index contributed by atoms with van der Waals surface area (Å²) in [5.41, 5.74) is 1.15. The molecule has 0 unspecified atom stereocenters. The number of carbonyl (C=O) groups excluding carboxylic acids is 1. The number of esters is 1. The Morgan fingerprint density at radius 3 is 2.44 bits per heavy atom. The molecule has 172 valence electrons. The molecule has 0 saturated heterocycles. The number of hydrogen-bond acceptors (Lipinski definition) is 9. The van der Waals surface area contributed by atoms with Gasteiger partial charge in [0.25, 0.3) is 5.69 Å². The van der Waals surface area contributed by atoms with Gasteiger partial charge in [0, 0.05) is 29.8 Å². The predicted molar refractivity (Wildman–Crippen MR) is 128 cm³/mol. The first kappa shape index (κ1) is 22.5. The van der Waals surface area contributed by atoms with E-state index in [1.54, 1.807) is 6.07 Å². The standard InChI is InChI=1S/C24H21N5O5/c1-33-22(30)13-14-25-23-20-15-17(29(31)32)9-12-21(20)27-24(28-23)26-16-7-10-19(11-8-16)34-18-5-3-2-4-6-18/h2-12,15H,13-14H2,1H3,(H2,25,26,27,28). The van der Waals surface area contributed by atoms with Crippen LogP contribution in [0.1, 0.15) is 6.42 Å². The molecule has 0 fully saturated rings. The predicted octanol–water partition coefficient (Wildman–Crippen LogP) is 5.05. The Morgan fingerprint density at radius 2 is 1.74 bits per heavy atom. The largest absolute Gasteiger partial charge is 0.469 e. The summed E-state index contributed by atoms with van der Waals surface area (Å²) in [7, 11) is 1.31. The van der Waals surface area contributed by atoms with Crippen LogP contribution in [0.2, 0.25) is 0 Å². The lowest BCUT2D eigenvalue weighted by molar-refractivity contribution is -0.384. The zero-order valence-electron chi connectivity index (χ0n) is 18.2. The first-order chi connectivity index (χ1) is 16.5. The van der Waals surface area contributed by atoms with Crippen LogP contribution in [-0.2, 0) is 9.53 Å². The Balaban J connectivity index is 1.57. The summed E-state index contributed by atoms with van der Waals surface area (Å²) < 4.78 is 10.5. The Morgan fingerprint density at radius 1 is 1.00 bits per heavy atom. The van der Waals surface area contributed by atoms with E-state index >= 15 is 0 Å². The van der Waals surface area contributed by atoms with Crippen molar-refractivity contribution in [2.24, 2.45) is 0 Å². The number of nitrogens with zero attached hydrogens (tertiary/aromatic N) is 3. The van der Waals surface area contributed by atoms with E-state index in [0.29, 0.717) is 28.4 Å². The van der Waals surface area contributed by atoms with Crippen LogP contribution in [0.15, 0.2) is 72.8 Å². The molecular formula is C24H21N5O5. The molecule has 10 heteroatoms. The number of hydrogen-bond donors (Lipinski definition) is 2. The van der Waals surface area contributed by atoms with Crippen molar-refractivity contribution in [3.05, 3.63) is 82.9 Å². The molecule has 0 bridgehead atoms. The molecule has 4 aromatic rings. The molecule has 0 aliphatic heterocycles. The Bertz CT molecular complexity index is 1310. The lowest BCUT2D eigenvalue weighted by atomic mass is 10.2. The number of non-ortho nitro benzene ring substituents is 1. The minimum Gasteiger partial charge on any atom is -0.469 e. The van der Waals surface area contributed by atoms with Crippen LogP contribution in [0.5, 0.6) is 11.5 Å². The molecule has 2 N–H and O–H groups in total. The number of ether oxygens (including phenoxy) is 2. The molecule has 0 saturated carbocycles. The van der Waals surface area contributed by atoms with Crippen LogP contribution < -0.4 is 15.4 Å². The van der Waals surface area contributed by atoms with Gasteiger partial charge in [-0.1, -0.05) is 18.2 Å². The van der Waals surface area contributed by atoms with E-state index in [1.165, 1.54) is 19.2 Å². The van der Waals surface area contributed by atoms with Crippen molar-refractivity contribution in [2.45, 2.75) is 6.42 Å². The summed E-state index contributed by atoms with van der Waals surface area (Å²) in [4.78, 5) is 31.1. The third kappa shape index (κ3) is 5.54. The highest BCUT2D eigenvalue weighted by Gasteiger charge is 2.14. The van der Waals surface area contributed by atoms with Gasteiger partial charge in [0.2, 0.25) is 5.95 Å². The van der Waals surface area contributed by atoms with E-state index in [0.717, 1.165) is 11.4 Å². The minimum atomic E-state index is -0.483. The molecule has 0 atom stereocenters. The van der Waals surface area contributed by atoms with Gasteiger partial charge in [0.1, 0.15) is 17.3 Å². The fraction of sp³-hybridized carbons (Fsp3) is 0.125. The molecule has 0 aliphatic rings. The quantitative estimate of drug-likeness (QED) is 0.201. The van der Waals surface area contributed by atoms with E-state index in [4.69, 9.17) is 4.74 Å². The number of nitro groups is 1. The number of methoxy groups -OCH3 is 1. The van der Waals surface area contributed by atoms with Crippen LogP contribution in [0.3, 0.4) is 0 Å². The fourth-order valence-electron chi connectivity index (χ4n) is 3.17. The van der Waals surface area contributed by atoms with Gasteiger partial charge >= 0.3 is 5.97 Å². The van der Waals surface area contributed by atoms with Crippen LogP contribution in [0.25, 0.3) is 10.9 Å². The second kappa shape index (κ2) is 10.3. The molecule has 0 spiro atoms. The van der Waals surface area contributed by atoms with Crippen molar-refractivity contribution in [1.82, 2.24) is 9.97 Å². The van der Waals surface area contributed by atoms with Crippen molar-refractivity contribution in [1.29, 1.82) is 0 Å². The number of para-hydroxylation sites is 1. The normalized spacial score (nSPS) is 10.5. The van der Waals surface area contributed by atoms with Crippen LogP contribution in [-0.4, -0.2) is 34.5 Å². The Kier molecular flexibility index (Phi) is 6.78. The first-order valence-electron chi connectivity index (χ1n) is 10.4. The highest BCUT2D eigenvalue weighted by atomic mass is 16.6. The topological polar surface area (TPSA) is 129 Å². The van der Waals surface area contributed by atoms with Gasteiger partial charge in [-0.25, -0.2) is 4.98 Å². The van der Waals surface area contributed by atoms with Crippen molar-refractivity contribution >= 4 is 40.0 Å². The molecule has 0 aliphatic carbocycles. The van der Waals surface area contributed by atoms with E-state index in [1.807, 2.05) is 54.6 Å².